The van der Waals surface area contributed by atoms with E-state index in [-0.39, 0.29) is 19.0 Å². The minimum absolute atomic E-state index is 0.145. The van der Waals surface area contributed by atoms with E-state index in [0.29, 0.717) is 12.1 Å². The minimum Gasteiger partial charge on any atom is -0.445 e. The van der Waals surface area contributed by atoms with Gasteiger partial charge in [0.25, 0.3) is 0 Å². The summed E-state index contributed by atoms with van der Waals surface area (Å²) in [6.07, 6.45) is 1.09. The summed E-state index contributed by atoms with van der Waals surface area (Å²) in [5, 5.41) is 0. The van der Waals surface area contributed by atoms with Crippen LogP contribution in [0.4, 0.5) is 9.18 Å². The molecule has 0 saturated heterocycles. The highest BCUT2D eigenvalue weighted by molar-refractivity contribution is 5.67. The Bertz CT molecular complexity index is 628. The van der Waals surface area contributed by atoms with Crippen molar-refractivity contribution in [3.63, 3.8) is 0 Å². The van der Waals surface area contributed by atoms with Crippen molar-refractivity contribution in [2.24, 2.45) is 0 Å². The van der Waals surface area contributed by atoms with E-state index < -0.39 is 6.09 Å². The molecule has 0 N–H and O–H groups in total. The minimum atomic E-state index is -0.494. The fourth-order valence-electron chi connectivity index (χ4n) is 2.00. The molecular formula is C18H18FNO2. The molecule has 2 rings (SSSR count). The van der Waals surface area contributed by atoms with Crippen LogP contribution in [-0.2, 0) is 17.9 Å². The van der Waals surface area contributed by atoms with Gasteiger partial charge in [0.1, 0.15) is 12.4 Å². The highest BCUT2D eigenvalue weighted by Gasteiger charge is 2.16. The van der Waals surface area contributed by atoms with Crippen LogP contribution in [0.25, 0.3) is 0 Å². The lowest BCUT2D eigenvalue weighted by atomic mass is 10.2. The zero-order valence-electron chi connectivity index (χ0n) is 12.2. The van der Waals surface area contributed by atoms with E-state index in [2.05, 4.69) is 6.58 Å². The van der Waals surface area contributed by atoms with Crippen molar-refractivity contribution >= 4 is 6.09 Å². The van der Waals surface area contributed by atoms with Gasteiger partial charge < -0.3 is 9.64 Å². The van der Waals surface area contributed by atoms with Crippen LogP contribution in [0, 0.1) is 5.82 Å². The molecule has 0 fully saturated rings. The second-order valence-electron chi connectivity index (χ2n) is 4.80. The molecule has 0 aromatic heterocycles. The van der Waals surface area contributed by atoms with Crippen LogP contribution >= 0.6 is 0 Å². The van der Waals surface area contributed by atoms with Crippen LogP contribution in [0.15, 0.2) is 67.3 Å². The van der Waals surface area contributed by atoms with Crippen LogP contribution in [-0.4, -0.2) is 17.5 Å². The molecule has 114 valence electrons. The number of hydrogen-bond acceptors (Lipinski definition) is 2. The molecule has 1 amide bonds. The van der Waals surface area contributed by atoms with Crippen molar-refractivity contribution < 1.29 is 13.9 Å². The number of halogens is 1. The molecule has 3 nitrogen and oxygen atoms in total. The van der Waals surface area contributed by atoms with Gasteiger partial charge in [-0.1, -0.05) is 54.6 Å². The fourth-order valence-corrected chi connectivity index (χ4v) is 2.00. The SMILES string of the molecule is C=CCN(Cc1ccccc1F)C(=O)OCc1ccccc1. The first-order valence-electron chi connectivity index (χ1n) is 7.00. The van der Waals surface area contributed by atoms with Gasteiger partial charge in [-0.05, 0) is 11.6 Å². The average molecular weight is 299 g/mol. The maximum atomic E-state index is 13.7. The molecule has 0 heterocycles. The Morgan fingerprint density at radius 2 is 1.82 bits per heavy atom. The molecule has 0 radical (unpaired) electrons. The van der Waals surface area contributed by atoms with Gasteiger partial charge in [0.05, 0.1) is 6.54 Å². The predicted molar refractivity (Wildman–Crippen MR) is 83.6 cm³/mol. The van der Waals surface area contributed by atoms with Gasteiger partial charge >= 0.3 is 6.09 Å². The van der Waals surface area contributed by atoms with Crippen molar-refractivity contribution in [2.75, 3.05) is 6.54 Å². The molecular weight excluding hydrogens is 281 g/mol. The molecule has 0 bridgehead atoms. The monoisotopic (exact) mass is 299 g/mol. The molecule has 2 aromatic rings. The van der Waals surface area contributed by atoms with Crippen LogP contribution in [0.2, 0.25) is 0 Å². The Morgan fingerprint density at radius 1 is 1.14 bits per heavy atom. The molecule has 0 spiro atoms. The Labute approximate surface area is 129 Å². The van der Waals surface area contributed by atoms with Crippen LogP contribution < -0.4 is 0 Å². The van der Waals surface area contributed by atoms with Gasteiger partial charge in [-0.3, -0.25) is 0 Å². The van der Waals surface area contributed by atoms with Gasteiger partial charge in [0, 0.05) is 12.1 Å². The number of nitrogens with zero attached hydrogens (tertiary/aromatic N) is 1. The van der Waals surface area contributed by atoms with E-state index >= 15 is 0 Å². The quantitative estimate of drug-likeness (QED) is 0.750. The van der Waals surface area contributed by atoms with Crippen molar-refractivity contribution in [1.82, 2.24) is 4.90 Å². The summed E-state index contributed by atoms with van der Waals surface area (Å²) in [6, 6.07) is 15.8. The van der Waals surface area contributed by atoms with E-state index in [1.54, 1.807) is 24.3 Å². The van der Waals surface area contributed by atoms with Crippen molar-refractivity contribution in [1.29, 1.82) is 0 Å². The Morgan fingerprint density at radius 3 is 2.50 bits per heavy atom. The van der Waals surface area contributed by atoms with E-state index in [9.17, 15) is 9.18 Å². The van der Waals surface area contributed by atoms with E-state index in [4.69, 9.17) is 4.74 Å². The first-order valence-corrected chi connectivity index (χ1v) is 7.00. The van der Waals surface area contributed by atoms with Crippen LogP contribution in [0.1, 0.15) is 11.1 Å². The third kappa shape index (κ3) is 4.45. The van der Waals surface area contributed by atoms with Gasteiger partial charge in [0.15, 0.2) is 0 Å². The zero-order chi connectivity index (χ0) is 15.8. The number of carbonyl (C=O) groups is 1. The molecule has 0 atom stereocenters. The third-order valence-electron chi connectivity index (χ3n) is 3.13. The predicted octanol–water partition coefficient (Wildman–Crippen LogP) is 4.15. The first kappa shape index (κ1) is 15.8. The highest BCUT2D eigenvalue weighted by atomic mass is 19.1. The average Bonchev–Trinajstić information content (AvgIpc) is 2.55. The van der Waals surface area contributed by atoms with Crippen LogP contribution in [0.3, 0.4) is 0 Å². The lowest BCUT2D eigenvalue weighted by Gasteiger charge is -2.21. The van der Waals surface area contributed by atoms with E-state index in [0.717, 1.165) is 5.56 Å². The summed E-state index contributed by atoms with van der Waals surface area (Å²) < 4.78 is 19.0. The Kier molecular flexibility index (Phi) is 5.72. The summed E-state index contributed by atoms with van der Waals surface area (Å²) in [7, 11) is 0. The second-order valence-corrected chi connectivity index (χ2v) is 4.80. The molecule has 0 aliphatic heterocycles. The number of benzene rings is 2. The zero-order valence-corrected chi connectivity index (χ0v) is 12.2. The van der Waals surface area contributed by atoms with E-state index in [1.165, 1.54) is 11.0 Å². The first-order chi connectivity index (χ1) is 10.7. The standard InChI is InChI=1S/C18H18FNO2/c1-2-12-20(13-16-10-6-7-11-17(16)19)18(21)22-14-15-8-4-3-5-9-15/h2-11H,1,12-14H2. The topological polar surface area (TPSA) is 29.5 Å². The normalized spacial score (nSPS) is 10.0. The van der Waals surface area contributed by atoms with E-state index in [1.807, 2.05) is 30.3 Å². The molecule has 4 heteroatoms. The molecule has 0 aliphatic rings. The van der Waals surface area contributed by atoms with Crippen molar-refractivity contribution in [2.45, 2.75) is 13.2 Å². The number of ether oxygens (including phenoxy) is 1. The largest absolute Gasteiger partial charge is 0.445 e. The lowest BCUT2D eigenvalue weighted by molar-refractivity contribution is 0.0975. The highest BCUT2D eigenvalue weighted by Crippen LogP contribution is 2.12. The summed E-state index contributed by atoms with van der Waals surface area (Å²) >= 11 is 0. The van der Waals surface area contributed by atoms with Crippen molar-refractivity contribution in [3.05, 3.63) is 84.2 Å². The number of hydrogen-bond donors (Lipinski definition) is 0. The molecule has 0 aliphatic carbocycles. The molecule has 2 aromatic carbocycles. The molecule has 22 heavy (non-hydrogen) atoms. The summed E-state index contributed by atoms with van der Waals surface area (Å²) in [5.41, 5.74) is 1.35. The lowest BCUT2D eigenvalue weighted by Crippen LogP contribution is -2.31. The van der Waals surface area contributed by atoms with Crippen LogP contribution in [0.5, 0.6) is 0 Å². The van der Waals surface area contributed by atoms with Gasteiger partial charge in [-0.25, -0.2) is 9.18 Å². The van der Waals surface area contributed by atoms with Gasteiger partial charge in [-0.15, -0.1) is 6.58 Å². The summed E-state index contributed by atoms with van der Waals surface area (Å²) in [4.78, 5) is 13.6. The maximum Gasteiger partial charge on any atom is 0.410 e. The fraction of sp³-hybridized carbons (Fsp3) is 0.167. The van der Waals surface area contributed by atoms with Crippen molar-refractivity contribution in [3.8, 4) is 0 Å². The Hall–Kier alpha value is -2.62. The third-order valence-corrected chi connectivity index (χ3v) is 3.13. The number of amides is 1. The molecule has 0 saturated carbocycles. The smallest absolute Gasteiger partial charge is 0.410 e. The Balaban J connectivity index is 1.99. The number of carbonyl (C=O) groups excluding carboxylic acids is 1. The maximum absolute atomic E-state index is 13.7. The summed E-state index contributed by atoms with van der Waals surface area (Å²) in [5.74, 6) is -0.340. The number of rotatable bonds is 6. The van der Waals surface area contributed by atoms with Gasteiger partial charge in [-0.2, -0.15) is 0 Å². The second kappa shape index (κ2) is 7.98. The molecule has 0 unspecified atom stereocenters. The van der Waals surface area contributed by atoms with Gasteiger partial charge in [0.2, 0.25) is 0 Å². The summed E-state index contributed by atoms with van der Waals surface area (Å²) in [6.45, 7) is 4.25.